The van der Waals surface area contributed by atoms with Crippen LogP contribution in [-0.4, -0.2) is 37.0 Å². The third kappa shape index (κ3) is 3.47. The molecule has 0 aliphatic carbocycles. The summed E-state index contributed by atoms with van der Waals surface area (Å²) in [6.45, 7) is 3.26. The van der Waals surface area contributed by atoms with Crippen LogP contribution in [0.25, 0.3) is 16.8 Å². The maximum Gasteiger partial charge on any atom is 0.246 e. The first-order valence-corrected chi connectivity index (χ1v) is 9.06. The van der Waals surface area contributed by atoms with Crippen LogP contribution < -0.4 is 4.90 Å². The maximum atomic E-state index is 12.6. The number of rotatable bonds is 3. The minimum absolute atomic E-state index is 0.0886. The van der Waals surface area contributed by atoms with E-state index >= 15 is 0 Å². The van der Waals surface area contributed by atoms with Crippen molar-refractivity contribution >= 4 is 28.4 Å². The number of benzene rings is 3. The summed E-state index contributed by atoms with van der Waals surface area (Å²) >= 11 is 0. The molecular weight excluding hydrogens is 320 g/mol. The second kappa shape index (κ2) is 7.44. The van der Waals surface area contributed by atoms with Gasteiger partial charge in [0.2, 0.25) is 5.91 Å². The molecule has 1 heterocycles. The molecule has 1 aliphatic rings. The lowest BCUT2D eigenvalue weighted by molar-refractivity contribution is -0.126. The van der Waals surface area contributed by atoms with E-state index in [0.29, 0.717) is 0 Å². The number of piperazine rings is 1. The van der Waals surface area contributed by atoms with Crippen molar-refractivity contribution in [3.05, 3.63) is 84.4 Å². The number of carbonyl (C=O) groups excluding carboxylic acids is 1. The Morgan fingerprint density at radius 2 is 1.46 bits per heavy atom. The highest BCUT2D eigenvalue weighted by atomic mass is 16.2. The topological polar surface area (TPSA) is 23.6 Å². The molecule has 0 atom stereocenters. The smallest absolute Gasteiger partial charge is 0.246 e. The Hall–Kier alpha value is -3.07. The Morgan fingerprint density at radius 3 is 2.27 bits per heavy atom. The lowest BCUT2D eigenvalue weighted by Gasteiger charge is -2.35. The van der Waals surface area contributed by atoms with Crippen LogP contribution >= 0.6 is 0 Å². The van der Waals surface area contributed by atoms with E-state index in [1.54, 1.807) is 6.08 Å². The van der Waals surface area contributed by atoms with E-state index < -0.39 is 0 Å². The zero-order chi connectivity index (χ0) is 17.8. The molecule has 3 aromatic carbocycles. The third-order valence-corrected chi connectivity index (χ3v) is 4.94. The molecule has 0 radical (unpaired) electrons. The van der Waals surface area contributed by atoms with Gasteiger partial charge in [-0.15, -0.1) is 0 Å². The van der Waals surface area contributed by atoms with Crippen LogP contribution in [0.5, 0.6) is 0 Å². The zero-order valence-corrected chi connectivity index (χ0v) is 14.7. The fourth-order valence-corrected chi connectivity index (χ4v) is 3.49. The number of nitrogens with zero attached hydrogens (tertiary/aromatic N) is 2. The SMILES string of the molecule is O=C(/C=C\c1cccc2ccccc12)N1CCN(c2ccccc2)CC1. The minimum Gasteiger partial charge on any atom is -0.368 e. The molecule has 1 aliphatic heterocycles. The highest BCUT2D eigenvalue weighted by Gasteiger charge is 2.19. The molecule has 0 aromatic heterocycles. The van der Waals surface area contributed by atoms with Crippen molar-refractivity contribution < 1.29 is 4.79 Å². The molecule has 0 unspecified atom stereocenters. The first kappa shape index (κ1) is 16.4. The second-order valence-corrected chi connectivity index (χ2v) is 6.55. The largest absolute Gasteiger partial charge is 0.368 e. The van der Waals surface area contributed by atoms with Crippen LogP contribution in [0.4, 0.5) is 5.69 Å². The molecule has 0 spiro atoms. The Kier molecular flexibility index (Phi) is 4.69. The fourth-order valence-electron chi connectivity index (χ4n) is 3.49. The van der Waals surface area contributed by atoms with Gasteiger partial charge in [-0.3, -0.25) is 4.79 Å². The summed E-state index contributed by atoms with van der Waals surface area (Å²) in [5, 5.41) is 2.37. The quantitative estimate of drug-likeness (QED) is 0.666. The Morgan fingerprint density at radius 1 is 0.769 bits per heavy atom. The van der Waals surface area contributed by atoms with E-state index in [-0.39, 0.29) is 5.91 Å². The summed E-state index contributed by atoms with van der Waals surface area (Å²) in [7, 11) is 0. The average Bonchev–Trinajstić information content (AvgIpc) is 2.73. The van der Waals surface area contributed by atoms with Crippen LogP contribution in [0.2, 0.25) is 0 Å². The van der Waals surface area contributed by atoms with E-state index in [9.17, 15) is 4.79 Å². The summed E-state index contributed by atoms with van der Waals surface area (Å²) in [4.78, 5) is 16.8. The number of anilines is 1. The van der Waals surface area contributed by atoms with Crippen LogP contribution in [0.3, 0.4) is 0 Å². The Labute approximate surface area is 154 Å². The van der Waals surface area contributed by atoms with E-state index in [0.717, 1.165) is 31.7 Å². The first-order valence-electron chi connectivity index (χ1n) is 9.06. The zero-order valence-electron chi connectivity index (χ0n) is 14.7. The highest BCUT2D eigenvalue weighted by molar-refractivity contribution is 5.96. The molecule has 0 saturated carbocycles. The number of amides is 1. The number of hydrogen-bond donors (Lipinski definition) is 0. The van der Waals surface area contributed by atoms with Crippen LogP contribution in [-0.2, 0) is 4.79 Å². The van der Waals surface area contributed by atoms with E-state index in [1.807, 2.05) is 35.2 Å². The van der Waals surface area contributed by atoms with Gasteiger partial charge in [0, 0.05) is 37.9 Å². The van der Waals surface area contributed by atoms with Crippen molar-refractivity contribution in [1.82, 2.24) is 4.90 Å². The van der Waals surface area contributed by atoms with Crippen LogP contribution in [0, 0.1) is 0 Å². The second-order valence-electron chi connectivity index (χ2n) is 6.55. The van der Waals surface area contributed by atoms with Gasteiger partial charge in [0.1, 0.15) is 0 Å². The standard InChI is InChI=1S/C23H22N2O/c26-23(14-13-20-9-6-8-19-7-4-5-12-22(19)20)25-17-15-24(16-18-25)21-10-2-1-3-11-21/h1-14H,15-18H2/b14-13-. The minimum atomic E-state index is 0.0886. The van der Waals surface area contributed by atoms with Crippen LogP contribution in [0.15, 0.2) is 78.9 Å². The molecule has 1 fully saturated rings. The van der Waals surface area contributed by atoms with E-state index in [4.69, 9.17) is 0 Å². The van der Waals surface area contributed by atoms with Crippen molar-refractivity contribution in [2.24, 2.45) is 0 Å². The summed E-state index contributed by atoms with van der Waals surface area (Å²) in [6.07, 6.45) is 3.65. The van der Waals surface area contributed by atoms with Gasteiger partial charge in [0.05, 0.1) is 0 Å². The lowest BCUT2D eigenvalue weighted by Crippen LogP contribution is -2.48. The van der Waals surface area contributed by atoms with Gasteiger partial charge in [-0.05, 0) is 34.5 Å². The number of carbonyl (C=O) groups is 1. The third-order valence-electron chi connectivity index (χ3n) is 4.94. The highest BCUT2D eigenvalue weighted by Crippen LogP contribution is 2.20. The molecular formula is C23H22N2O. The first-order chi connectivity index (χ1) is 12.8. The fraction of sp³-hybridized carbons (Fsp3) is 0.174. The van der Waals surface area contributed by atoms with Crippen molar-refractivity contribution in [3.8, 4) is 0 Å². The molecule has 3 heteroatoms. The van der Waals surface area contributed by atoms with Gasteiger partial charge in [-0.1, -0.05) is 60.7 Å². The van der Waals surface area contributed by atoms with E-state index in [1.165, 1.54) is 16.5 Å². The van der Waals surface area contributed by atoms with Gasteiger partial charge < -0.3 is 9.80 Å². The van der Waals surface area contributed by atoms with Crippen molar-refractivity contribution in [2.75, 3.05) is 31.1 Å². The molecule has 0 bridgehead atoms. The van der Waals surface area contributed by atoms with Gasteiger partial charge in [-0.25, -0.2) is 0 Å². The molecule has 3 aromatic rings. The predicted molar refractivity (Wildman–Crippen MR) is 108 cm³/mol. The number of hydrogen-bond acceptors (Lipinski definition) is 2. The lowest BCUT2D eigenvalue weighted by atomic mass is 10.0. The molecule has 4 rings (SSSR count). The number of para-hydroxylation sites is 1. The van der Waals surface area contributed by atoms with Crippen molar-refractivity contribution in [2.45, 2.75) is 0 Å². The molecule has 3 nitrogen and oxygen atoms in total. The molecule has 26 heavy (non-hydrogen) atoms. The van der Waals surface area contributed by atoms with Gasteiger partial charge in [-0.2, -0.15) is 0 Å². The summed E-state index contributed by atoms with van der Waals surface area (Å²) in [5.41, 5.74) is 2.31. The summed E-state index contributed by atoms with van der Waals surface area (Å²) < 4.78 is 0. The molecule has 1 saturated heterocycles. The summed E-state index contributed by atoms with van der Waals surface area (Å²) in [6, 6.07) is 24.8. The predicted octanol–water partition coefficient (Wildman–Crippen LogP) is 4.20. The van der Waals surface area contributed by atoms with Crippen molar-refractivity contribution in [1.29, 1.82) is 0 Å². The molecule has 0 N–H and O–H groups in total. The normalized spacial score (nSPS) is 14.9. The van der Waals surface area contributed by atoms with Crippen LogP contribution in [0.1, 0.15) is 5.56 Å². The maximum absolute atomic E-state index is 12.6. The molecule has 130 valence electrons. The molecule has 1 amide bonds. The van der Waals surface area contributed by atoms with Gasteiger partial charge in [0.25, 0.3) is 0 Å². The number of fused-ring (bicyclic) bond motifs is 1. The van der Waals surface area contributed by atoms with E-state index in [2.05, 4.69) is 53.4 Å². The van der Waals surface area contributed by atoms with Gasteiger partial charge >= 0.3 is 0 Å². The monoisotopic (exact) mass is 342 g/mol. The van der Waals surface area contributed by atoms with Gasteiger partial charge in [0.15, 0.2) is 0 Å². The Bertz CT molecular complexity index is 920. The van der Waals surface area contributed by atoms with Crippen molar-refractivity contribution in [3.63, 3.8) is 0 Å². The average molecular weight is 342 g/mol. The Balaban J connectivity index is 1.42. The summed E-state index contributed by atoms with van der Waals surface area (Å²) in [5.74, 6) is 0.0886.